The van der Waals surface area contributed by atoms with Crippen molar-refractivity contribution < 1.29 is 4.79 Å². The number of rotatable bonds is 3. The molecule has 0 aromatic heterocycles. The quantitative estimate of drug-likeness (QED) is 0.795. The van der Waals surface area contributed by atoms with E-state index >= 15 is 0 Å². The molecule has 0 radical (unpaired) electrons. The standard InChI is InChI=1S/C14H16N2O/c1-11-7-14(17)16(9-11)10-13(8-15)12-5-3-2-4-6-12/h2-6,11,13H,7,9-10H2,1H3. The van der Waals surface area contributed by atoms with Crippen molar-refractivity contribution in [1.82, 2.24) is 4.90 Å². The van der Waals surface area contributed by atoms with Gasteiger partial charge in [0.2, 0.25) is 5.91 Å². The highest BCUT2D eigenvalue weighted by Gasteiger charge is 2.28. The number of likely N-dealkylation sites (tertiary alicyclic amines) is 1. The van der Waals surface area contributed by atoms with E-state index in [0.717, 1.165) is 12.1 Å². The van der Waals surface area contributed by atoms with E-state index in [4.69, 9.17) is 0 Å². The molecule has 17 heavy (non-hydrogen) atoms. The number of hydrogen-bond acceptors (Lipinski definition) is 2. The van der Waals surface area contributed by atoms with Crippen LogP contribution in [0.15, 0.2) is 30.3 Å². The third kappa shape index (κ3) is 2.65. The zero-order chi connectivity index (χ0) is 12.3. The lowest BCUT2D eigenvalue weighted by Gasteiger charge is -2.19. The van der Waals surface area contributed by atoms with E-state index in [1.165, 1.54) is 0 Å². The summed E-state index contributed by atoms with van der Waals surface area (Å²) in [6, 6.07) is 12.0. The summed E-state index contributed by atoms with van der Waals surface area (Å²) < 4.78 is 0. The van der Waals surface area contributed by atoms with E-state index in [9.17, 15) is 10.1 Å². The van der Waals surface area contributed by atoms with Gasteiger partial charge in [-0.05, 0) is 11.5 Å². The van der Waals surface area contributed by atoms with E-state index < -0.39 is 0 Å². The Bertz CT molecular complexity index is 435. The average Bonchev–Trinajstić information content (AvgIpc) is 2.66. The highest BCUT2D eigenvalue weighted by molar-refractivity contribution is 5.78. The van der Waals surface area contributed by atoms with Crippen molar-refractivity contribution in [3.05, 3.63) is 35.9 Å². The maximum atomic E-state index is 11.7. The summed E-state index contributed by atoms with van der Waals surface area (Å²) >= 11 is 0. The van der Waals surface area contributed by atoms with E-state index in [2.05, 4.69) is 13.0 Å². The normalized spacial score (nSPS) is 21.3. The first-order valence-corrected chi connectivity index (χ1v) is 5.93. The predicted molar refractivity (Wildman–Crippen MR) is 65.2 cm³/mol. The minimum Gasteiger partial charge on any atom is -0.341 e. The van der Waals surface area contributed by atoms with Crippen molar-refractivity contribution >= 4 is 5.91 Å². The van der Waals surface area contributed by atoms with Crippen LogP contribution in [-0.2, 0) is 4.79 Å². The molecule has 0 saturated carbocycles. The van der Waals surface area contributed by atoms with Crippen LogP contribution in [0.25, 0.3) is 0 Å². The molecule has 1 saturated heterocycles. The average molecular weight is 228 g/mol. The van der Waals surface area contributed by atoms with Gasteiger partial charge in [-0.1, -0.05) is 37.3 Å². The largest absolute Gasteiger partial charge is 0.341 e. The van der Waals surface area contributed by atoms with Crippen LogP contribution in [0.3, 0.4) is 0 Å². The molecular formula is C14H16N2O. The fourth-order valence-corrected chi connectivity index (χ4v) is 2.27. The summed E-state index contributed by atoms with van der Waals surface area (Å²) in [5.41, 5.74) is 0.988. The van der Waals surface area contributed by atoms with Gasteiger partial charge >= 0.3 is 0 Å². The van der Waals surface area contributed by atoms with Gasteiger partial charge < -0.3 is 4.90 Å². The molecule has 1 aliphatic heterocycles. The van der Waals surface area contributed by atoms with Gasteiger partial charge in [-0.2, -0.15) is 5.26 Å². The topological polar surface area (TPSA) is 44.1 Å². The third-order valence-corrected chi connectivity index (χ3v) is 3.17. The SMILES string of the molecule is CC1CC(=O)N(CC(C#N)c2ccccc2)C1. The molecule has 0 bridgehead atoms. The Morgan fingerprint density at radius 2 is 2.18 bits per heavy atom. The molecule has 1 aromatic rings. The van der Waals surface area contributed by atoms with Crippen molar-refractivity contribution in [2.24, 2.45) is 5.92 Å². The molecule has 0 aliphatic carbocycles. The van der Waals surface area contributed by atoms with Gasteiger partial charge in [0.15, 0.2) is 0 Å². The minimum absolute atomic E-state index is 0.175. The number of nitriles is 1. The van der Waals surface area contributed by atoms with Crippen molar-refractivity contribution in [2.75, 3.05) is 13.1 Å². The van der Waals surface area contributed by atoms with Gasteiger partial charge in [0.1, 0.15) is 0 Å². The van der Waals surface area contributed by atoms with Crippen LogP contribution >= 0.6 is 0 Å². The predicted octanol–water partition coefficient (Wildman–Crippen LogP) is 2.16. The monoisotopic (exact) mass is 228 g/mol. The second kappa shape index (κ2) is 5.01. The zero-order valence-electron chi connectivity index (χ0n) is 9.97. The Balaban J connectivity index is 2.07. The third-order valence-electron chi connectivity index (χ3n) is 3.17. The lowest BCUT2D eigenvalue weighted by molar-refractivity contribution is -0.127. The van der Waals surface area contributed by atoms with Crippen LogP contribution in [-0.4, -0.2) is 23.9 Å². The van der Waals surface area contributed by atoms with E-state index in [1.54, 1.807) is 0 Å². The molecule has 3 heteroatoms. The second-order valence-electron chi connectivity index (χ2n) is 4.70. The summed E-state index contributed by atoms with van der Waals surface area (Å²) in [6.45, 7) is 3.37. The van der Waals surface area contributed by atoms with Crippen molar-refractivity contribution in [3.8, 4) is 6.07 Å². The fourth-order valence-electron chi connectivity index (χ4n) is 2.27. The molecule has 0 spiro atoms. The number of hydrogen-bond donors (Lipinski definition) is 0. The lowest BCUT2D eigenvalue weighted by Crippen LogP contribution is -2.29. The van der Waals surface area contributed by atoms with E-state index in [0.29, 0.717) is 18.9 Å². The van der Waals surface area contributed by atoms with Gasteiger partial charge in [0, 0.05) is 19.5 Å². The number of benzene rings is 1. The maximum Gasteiger partial charge on any atom is 0.222 e. The highest BCUT2D eigenvalue weighted by Crippen LogP contribution is 2.22. The van der Waals surface area contributed by atoms with Gasteiger partial charge in [-0.3, -0.25) is 4.79 Å². The Hall–Kier alpha value is -1.82. The summed E-state index contributed by atoms with van der Waals surface area (Å²) in [5, 5.41) is 9.20. The molecule has 1 amide bonds. The fraction of sp³-hybridized carbons (Fsp3) is 0.429. The van der Waals surface area contributed by atoms with Crippen LogP contribution in [0.2, 0.25) is 0 Å². The molecule has 0 N–H and O–H groups in total. The van der Waals surface area contributed by atoms with Crippen LogP contribution in [0, 0.1) is 17.2 Å². The first-order valence-electron chi connectivity index (χ1n) is 5.93. The Morgan fingerprint density at radius 1 is 1.47 bits per heavy atom. The number of amides is 1. The second-order valence-corrected chi connectivity index (χ2v) is 4.70. The summed E-state index contributed by atoms with van der Waals surface area (Å²) in [4.78, 5) is 13.5. The van der Waals surface area contributed by atoms with Crippen LogP contribution < -0.4 is 0 Å². The highest BCUT2D eigenvalue weighted by atomic mass is 16.2. The van der Waals surface area contributed by atoms with Crippen molar-refractivity contribution in [3.63, 3.8) is 0 Å². The van der Waals surface area contributed by atoms with Crippen molar-refractivity contribution in [1.29, 1.82) is 5.26 Å². The molecule has 2 unspecified atom stereocenters. The molecule has 1 fully saturated rings. The van der Waals surface area contributed by atoms with E-state index in [-0.39, 0.29) is 11.8 Å². The maximum absolute atomic E-state index is 11.7. The first-order chi connectivity index (χ1) is 8.20. The van der Waals surface area contributed by atoms with E-state index in [1.807, 2.05) is 35.2 Å². The molecule has 1 aliphatic rings. The molecule has 1 aromatic carbocycles. The molecular weight excluding hydrogens is 212 g/mol. The molecule has 2 rings (SSSR count). The number of carbonyl (C=O) groups excluding carboxylic acids is 1. The Morgan fingerprint density at radius 3 is 2.71 bits per heavy atom. The van der Waals surface area contributed by atoms with Crippen LogP contribution in [0.4, 0.5) is 0 Å². The summed E-state index contributed by atoms with van der Waals surface area (Å²) in [7, 11) is 0. The van der Waals surface area contributed by atoms with Crippen molar-refractivity contribution in [2.45, 2.75) is 19.3 Å². The molecule has 88 valence electrons. The molecule has 3 nitrogen and oxygen atoms in total. The van der Waals surface area contributed by atoms with Gasteiger partial charge in [0.05, 0.1) is 12.0 Å². The zero-order valence-corrected chi connectivity index (χ0v) is 9.97. The van der Waals surface area contributed by atoms with Gasteiger partial charge in [-0.25, -0.2) is 0 Å². The van der Waals surface area contributed by atoms with Gasteiger partial charge in [-0.15, -0.1) is 0 Å². The summed E-state index contributed by atoms with van der Waals surface area (Å²) in [6.07, 6.45) is 0.618. The number of nitrogens with zero attached hydrogens (tertiary/aromatic N) is 2. The molecule has 2 atom stereocenters. The minimum atomic E-state index is -0.217. The van der Waals surface area contributed by atoms with Gasteiger partial charge in [0.25, 0.3) is 0 Å². The smallest absolute Gasteiger partial charge is 0.222 e. The van der Waals surface area contributed by atoms with Crippen LogP contribution in [0.5, 0.6) is 0 Å². The summed E-state index contributed by atoms with van der Waals surface area (Å²) in [5.74, 6) is 0.372. The first kappa shape index (κ1) is 11.7. The number of carbonyl (C=O) groups is 1. The Kier molecular flexibility index (Phi) is 3.43. The van der Waals surface area contributed by atoms with Crippen LogP contribution in [0.1, 0.15) is 24.8 Å². The Labute approximate surface area is 102 Å². The lowest BCUT2D eigenvalue weighted by atomic mass is 10.0. The molecule has 1 heterocycles.